The Morgan fingerprint density at radius 2 is 1.62 bits per heavy atom. The molecule has 0 aromatic rings. The van der Waals surface area contributed by atoms with Gasteiger partial charge in [0.15, 0.2) is 6.29 Å². The van der Waals surface area contributed by atoms with Gasteiger partial charge < -0.3 is 32.1 Å². The van der Waals surface area contributed by atoms with E-state index in [4.69, 9.17) is 36.6 Å². The maximum absolute atomic E-state index is 5.85. The van der Waals surface area contributed by atoms with Gasteiger partial charge in [-0.15, -0.1) is 0 Å². The van der Waals surface area contributed by atoms with Crippen LogP contribution in [-0.2, 0) is 36.6 Å². The van der Waals surface area contributed by atoms with Crippen molar-refractivity contribution in [2.75, 3.05) is 53.4 Å². The molecule has 2 atom stereocenters. The lowest BCUT2D eigenvalue weighted by molar-refractivity contribution is -0.223. The molecule has 0 saturated carbocycles. The first-order valence-electron chi connectivity index (χ1n) is 8.26. The van der Waals surface area contributed by atoms with Crippen molar-refractivity contribution in [1.29, 1.82) is 0 Å². The van der Waals surface area contributed by atoms with Crippen molar-refractivity contribution in [2.45, 2.75) is 33.0 Å². The molecule has 2 aliphatic rings. The highest BCUT2D eigenvalue weighted by Crippen LogP contribution is 2.55. The van der Waals surface area contributed by atoms with Gasteiger partial charge in [0.25, 0.3) is 0 Å². The third-order valence-electron chi connectivity index (χ3n) is 3.55. The molecule has 0 amide bonds. The Morgan fingerprint density at radius 3 is 2.25 bits per heavy atom. The Morgan fingerprint density at radius 1 is 0.958 bits per heavy atom. The zero-order chi connectivity index (χ0) is 17.3. The lowest BCUT2D eigenvalue weighted by Crippen LogP contribution is -2.52. The minimum Gasteiger partial charge on any atom is -0.382 e. The van der Waals surface area contributed by atoms with Gasteiger partial charge in [-0.2, -0.15) is 0 Å². The molecule has 2 aliphatic heterocycles. The van der Waals surface area contributed by atoms with Gasteiger partial charge in [-0.1, -0.05) is 13.3 Å². The first kappa shape index (κ1) is 20.8. The van der Waals surface area contributed by atoms with Crippen LogP contribution >= 0.6 is 17.2 Å². The molecule has 2 fully saturated rings. The lowest BCUT2D eigenvalue weighted by Gasteiger charge is -2.46. The summed E-state index contributed by atoms with van der Waals surface area (Å²) in [6.07, 6.45) is 1.58. The number of rotatable bonds is 10. The van der Waals surface area contributed by atoms with Gasteiger partial charge in [-0.05, 0) is 13.3 Å². The molecule has 2 saturated heterocycles. The molecule has 142 valence electrons. The maximum Gasteiger partial charge on any atom is 0.335 e. The minimum absolute atomic E-state index is 0.397. The van der Waals surface area contributed by atoms with E-state index in [1.54, 1.807) is 7.11 Å². The second-order valence-corrected chi connectivity index (χ2v) is 7.93. The van der Waals surface area contributed by atoms with E-state index in [1.807, 2.05) is 6.92 Å². The van der Waals surface area contributed by atoms with Gasteiger partial charge in [0.05, 0.1) is 45.1 Å². The van der Waals surface area contributed by atoms with E-state index >= 15 is 0 Å². The Hall–Kier alpha value is 0.540. The summed E-state index contributed by atoms with van der Waals surface area (Å²) in [6.45, 7) is 7.34. The molecule has 0 aliphatic carbocycles. The van der Waals surface area contributed by atoms with E-state index in [-0.39, 0.29) is 0 Å². The van der Waals surface area contributed by atoms with Crippen LogP contribution in [0.25, 0.3) is 0 Å². The summed E-state index contributed by atoms with van der Waals surface area (Å²) >= 11 is 0. The topological polar surface area (TPSA) is 73.8 Å². The molecular formula is C14H28O8P2. The fraction of sp³-hybridized carbons (Fsp3) is 1.00. The number of unbranched alkanes of at least 4 members (excludes halogenated alkanes) is 1. The fourth-order valence-corrected chi connectivity index (χ4v) is 4.56. The van der Waals surface area contributed by atoms with Crippen LogP contribution in [0.3, 0.4) is 0 Å². The summed E-state index contributed by atoms with van der Waals surface area (Å²) in [6, 6.07) is 0. The zero-order valence-corrected chi connectivity index (χ0v) is 16.4. The van der Waals surface area contributed by atoms with E-state index in [9.17, 15) is 0 Å². The van der Waals surface area contributed by atoms with Crippen molar-refractivity contribution < 1.29 is 36.6 Å². The van der Waals surface area contributed by atoms with Crippen LogP contribution in [-0.4, -0.2) is 59.6 Å². The molecule has 2 heterocycles. The van der Waals surface area contributed by atoms with Crippen molar-refractivity contribution in [2.24, 2.45) is 5.41 Å². The third-order valence-corrected chi connectivity index (χ3v) is 5.72. The molecule has 0 aromatic carbocycles. The highest BCUT2D eigenvalue weighted by Gasteiger charge is 2.51. The smallest absolute Gasteiger partial charge is 0.335 e. The lowest BCUT2D eigenvalue weighted by atomic mass is 9.90. The highest BCUT2D eigenvalue weighted by molar-refractivity contribution is 7.42. The molecule has 0 radical (unpaired) electrons. The van der Waals surface area contributed by atoms with Crippen molar-refractivity contribution >= 4 is 17.2 Å². The molecule has 24 heavy (non-hydrogen) atoms. The van der Waals surface area contributed by atoms with Crippen molar-refractivity contribution in [3.8, 4) is 0 Å². The molecule has 8 nitrogen and oxygen atoms in total. The molecule has 10 heteroatoms. The number of hydrogen-bond donors (Lipinski definition) is 0. The van der Waals surface area contributed by atoms with Crippen LogP contribution in [0.15, 0.2) is 0 Å². The molecule has 0 aromatic heterocycles. The standard InChI is InChI=1S/C14H28O8P2/c1-4-6-7-17-23-19-10-14(11-20-23)12-21-24(18-9-8-15-3)22-13(14)16-5-2/h13H,4-12H2,1-3H3. The zero-order valence-electron chi connectivity index (χ0n) is 14.6. The molecule has 0 bridgehead atoms. The van der Waals surface area contributed by atoms with Crippen LogP contribution in [0.2, 0.25) is 0 Å². The Labute approximate surface area is 146 Å². The number of ether oxygens (including phenoxy) is 2. The monoisotopic (exact) mass is 386 g/mol. The van der Waals surface area contributed by atoms with Gasteiger partial charge in [0.2, 0.25) is 0 Å². The Balaban J connectivity index is 1.83. The molecule has 0 N–H and O–H groups in total. The minimum atomic E-state index is -1.45. The van der Waals surface area contributed by atoms with Gasteiger partial charge in [-0.3, -0.25) is 4.52 Å². The predicted octanol–water partition coefficient (Wildman–Crippen LogP) is 3.36. The van der Waals surface area contributed by atoms with E-state index < -0.39 is 28.9 Å². The largest absolute Gasteiger partial charge is 0.382 e. The Kier molecular flexibility index (Phi) is 9.81. The average Bonchev–Trinajstić information content (AvgIpc) is 2.60. The van der Waals surface area contributed by atoms with Gasteiger partial charge >= 0.3 is 17.2 Å². The van der Waals surface area contributed by atoms with E-state index in [1.165, 1.54) is 0 Å². The second-order valence-electron chi connectivity index (χ2n) is 5.54. The predicted molar refractivity (Wildman–Crippen MR) is 89.3 cm³/mol. The summed E-state index contributed by atoms with van der Waals surface area (Å²) in [4.78, 5) is 0. The summed E-state index contributed by atoms with van der Waals surface area (Å²) in [5, 5.41) is 0. The summed E-state index contributed by atoms with van der Waals surface area (Å²) in [5.74, 6) is 0. The summed E-state index contributed by atoms with van der Waals surface area (Å²) in [5.41, 5.74) is -0.494. The van der Waals surface area contributed by atoms with Crippen molar-refractivity contribution in [3.05, 3.63) is 0 Å². The van der Waals surface area contributed by atoms with Gasteiger partial charge in [-0.25, -0.2) is 0 Å². The van der Waals surface area contributed by atoms with Crippen LogP contribution in [0.1, 0.15) is 26.7 Å². The van der Waals surface area contributed by atoms with Crippen LogP contribution in [0, 0.1) is 5.41 Å². The van der Waals surface area contributed by atoms with E-state index in [2.05, 4.69) is 6.92 Å². The first-order chi connectivity index (χ1) is 11.7. The molecule has 2 unspecified atom stereocenters. The maximum atomic E-state index is 5.85. The SMILES string of the molecule is CCCCOP1OCC2(CO1)COP(OCCOC)OC2OCC. The average molecular weight is 386 g/mol. The quantitative estimate of drug-likeness (QED) is 0.418. The molecule has 2 rings (SSSR count). The summed E-state index contributed by atoms with van der Waals surface area (Å²) in [7, 11) is -1.12. The number of methoxy groups -OCH3 is 1. The van der Waals surface area contributed by atoms with Crippen LogP contribution in [0.4, 0.5) is 0 Å². The van der Waals surface area contributed by atoms with Crippen LogP contribution < -0.4 is 0 Å². The van der Waals surface area contributed by atoms with E-state index in [0.717, 1.165) is 12.8 Å². The third kappa shape index (κ3) is 6.06. The number of hydrogen-bond acceptors (Lipinski definition) is 8. The summed E-state index contributed by atoms with van der Waals surface area (Å²) < 4.78 is 44.9. The van der Waals surface area contributed by atoms with Crippen molar-refractivity contribution in [1.82, 2.24) is 0 Å². The molecule has 1 spiro atoms. The van der Waals surface area contributed by atoms with Gasteiger partial charge in [0, 0.05) is 13.7 Å². The van der Waals surface area contributed by atoms with Crippen LogP contribution in [0.5, 0.6) is 0 Å². The van der Waals surface area contributed by atoms with Crippen molar-refractivity contribution in [3.63, 3.8) is 0 Å². The van der Waals surface area contributed by atoms with E-state index in [0.29, 0.717) is 46.2 Å². The van der Waals surface area contributed by atoms with Gasteiger partial charge in [0.1, 0.15) is 0 Å². The second kappa shape index (κ2) is 11.3. The normalized spacial score (nSPS) is 33.9. The Bertz CT molecular complexity index is 332. The fourth-order valence-electron chi connectivity index (χ4n) is 2.11. The highest BCUT2D eigenvalue weighted by atomic mass is 31.2. The molecular weight excluding hydrogens is 358 g/mol. The first-order valence-corrected chi connectivity index (χ1v) is 10.5.